The van der Waals surface area contributed by atoms with Crippen LogP contribution in [-0.4, -0.2) is 17.9 Å². The first kappa shape index (κ1) is 15.8. The molecule has 0 aliphatic carbocycles. The van der Waals surface area contributed by atoms with E-state index in [1.165, 1.54) is 6.07 Å². The molecular weight excluding hydrogens is 335 g/mol. The molecule has 2 aromatic rings. The normalized spacial score (nSPS) is 17.7. The lowest BCUT2D eigenvalue weighted by Gasteiger charge is -2.17. The van der Waals surface area contributed by atoms with Crippen LogP contribution in [0.4, 0.5) is 11.4 Å². The summed E-state index contributed by atoms with van der Waals surface area (Å²) in [7, 11) is 0. The Hall–Kier alpha value is -2.04. The van der Waals surface area contributed by atoms with E-state index in [0.29, 0.717) is 10.7 Å². The van der Waals surface area contributed by atoms with Crippen molar-refractivity contribution in [1.29, 1.82) is 0 Å². The number of rotatable bonds is 3. The first-order chi connectivity index (χ1) is 11.0. The Morgan fingerprint density at radius 3 is 2.43 bits per heavy atom. The number of imide groups is 1. The molecule has 1 atom stereocenters. The number of carbonyl (C=O) groups excluding carboxylic acids is 2. The lowest BCUT2D eigenvalue weighted by atomic mass is 10.2. The second kappa shape index (κ2) is 6.22. The number of hydrogen-bond acceptors (Lipinski definition) is 3. The minimum absolute atomic E-state index is 0.0890. The highest BCUT2D eigenvalue weighted by Crippen LogP contribution is 2.32. The van der Waals surface area contributed by atoms with Gasteiger partial charge in [-0.25, -0.2) is 4.90 Å². The van der Waals surface area contributed by atoms with Gasteiger partial charge in [0.2, 0.25) is 5.91 Å². The van der Waals surface area contributed by atoms with Crippen LogP contribution in [0.2, 0.25) is 10.0 Å². The largest absolute Gasteiger partial charge is 0.373 e. The number of nitrogens with one attached hydrogen (secondary N) is 1. The van der Waals surface area contributed by atoms with Gasteiger partial charge in [0, 0.05) is 10.7 Å². The van der Waals surface area contributed by atoms with Crippen molar-refractivity contribution >= 4 is 46.4 Å². The van der Waals surface area contributed by atoms with Crippen molar-refractivity contribution in [3.05, 3.63) is 58.1 Å². The van der Waals surface area contributed by atoms with Crippen molar-refractivity contribution in [3.8, 4) is 0 Å². The average Bonchev–Trinajstić information content (AvgIpc) is 2.77. The van der Waals surface area contributed by atoms with Crippen molar-refractivity contribution in [2.75, 3.05) is 10.2 Å². The molecule has 4 nitrogen and oxygen atoms in total. The molecule has 23 heavy (non-hydrogen) atoms. The number of benzene rings is 2. The Bertz CT molecular complexity index is 775. The summed E-state index contributed by atoms with van der Waals surface area (Å²) in [5, 5.41) is 3.82. The third kappa shape index (κ3) is 3.19. The number of hydrogen-bond donors (Lipinski definition) is 1. The number of anilines is 2. The first-order valence-electron chi connectivity index (χ1n) is 7.11. The number of carbonyl (C=O) groups is 2. The van der Waals surface area contributed by atoms with Crippen molar-refractivity contribution in [3.63, 3.8) is 0 Å². The van der Waals surface area contributed by atoms with Crippen LogP contribution in [0.1, 0.15) is 12.0 Å². The van der Waals surface area contributed by atoms with Crippen LogP contribution >= 0.6 is 23.2 Å². The molecule has 0 unspecified atom stereocenters. The van der Waals surface area contributed by atoms with Crippen LogP contribution in [0.15, 0.2) is 42.5 Å². The lowest BCUT2D eigenvalue weighted by Crippen LogP contribution is -2.35. The number of nitrogens with zero attached hydrogens (tertiary/aromatic N) is 1. The monoisotopic (exact) mass is 348 g/mol. The van der Waals surface area contributed by atoms with Crippen LogP contribution in [0.3, 0.4) is 0 Å². The van der Waals surface area contributed by atoms with E-state index in [2.05, 4.69) is 5.32 Å². The first-order valence-corrected chi connectivity index (χ1v) is 7.86. The molecule has 6 heteroatoms. The highest BCUT2D eigenvalue weighted by Gasteiger charge is 2.40. The van der Waals surface area contributed by atoms with Crippen molar-refractivity contribution in [2.45, 2.75) is 19.4 Å². The average molecular weight is 349 g/mol. The molecule has 1 aliphatic heterocycles. The number of halogens is 2. The summed E-state index contributed by atoms with van der Waals surface area (Å²) >= 11 is 12.0. The zero-order valence-corrected chi connectivity index (χ0v) is 13.9. The molecule has 0 aromatic heterocycles. The Kier molecular flexibility index (Phi) is 4.28. The molecule has 0 radical (unpaired) electrons. The molecule has 118 valence electrons. The summed E-state index contributed by atoms with van der Waals surface area (Å²) in [5.74, 6) is -0.608. The molecule has 1 fully saturated rings. The zero-order valence-electron chi connectivity index (χ0n) is 12.3. The summed E-state index contributed by atoms with van der Waals surface area (Å²) in [6.07, 6.45) is 0.0890. The molecule has 0 bridgehead atoms. The second-order valence-electron chi connectivity index (χ2n) is 5.43. The summed E-state index contributed by atoms with van der Waals surface area (Å²) < 4.78 is 0. The molecule has 2 aromatic carbocycles. The molecular formula is C17H14Cl2N2O2. The van der Waals surface area contributed by atoms with E-state index in [1.54, 1.807) is 12.1 Å². The van der Waals surface area contributed by atoms with Gasteiger partial charge >= 0.3 is 0 Å². The van der Waals surface area contributed by atoms with Crippen LogP contribution in [0, 0.1) is 6.92 Å². The number of amides is 2. The van der Waals surface area contributed by atoms with Crippen LogP contribution in [0.5, 0.6) is 0 Å². The van der Waals surface area contributed by atoms with Gasteiger partial charge in [-0.3, -0.25) is 9.59 Å². The fourth-order valence-corrected chi connectivity index (χ4v) is 3.00. The van der Waals surface area contributed by atoms with Crippen molar-refractivity contribution in [2.24, 2.45) is 0 Å². The summed E-state index contributed by atoms with van der Waals surface area (Å²) in [4.78, 5) is 25.9. The summed E-state index contributed by atoms with van der Waals surface area (Å²) in [5.41, 5.74) is 2.28. The van der Waals surface area contributed by atoms with Gasteiger partial charge in [0.15, 0.2) is 0 Å². The van der Waals surface area contributed by atoms with E-state index < -0.39 is 6.04 Å². The van der Waals surface area contributed by atoms with E-state index in [0.717, 1.165) is 16.2 Å². The minimum Gasteiger partial charge on any atom is -0.373 e. The Morgan fingerprint density at radius 2 is 1.78 bits per heavy atom. The van der Waals surface area contributed by atoms with Gasteiger partial charge in [-0.15, -0.1) is 0 Å². The van der Waals surface area contributed by atoms with Crippen molar-refractivity contribution in [1.82, 2.24) is 0 Å². The third-order valence-electron chi connectivity index (χ3n) is 3.69. The molecule has 0 saturated carbocycles. The third-order valence-corrected chi connectivity index (χ3v) is 4.23. The highest BCUT2D eigenvalue weighted by atomic mass is 35.5. The summed E-state index contributed by atoms with van der Waals surface area (Å²) in [6, 6.07) is 11.7. The van der Waals surface area contributed by atoms with E-state index >= 15 is 0 Å². The SMILES string of the molecule is Cc1ccc(N[C@@H]2CC(=O)N(c3ccc(Cl)cc3Cl)C2=O)cc1. The van der Waals surface area contributed by atoms with Gasteiger partial charge < -0.3 is 5.32 Å². The standard InChI is InChI=1S/C17H14Cl2N2O2/c1-10-2-5-12(6-3-10)20-14-9-16(22)21(17(14)23)15-7-4-11(18)8-13(15)19/h2-8,14,20H,9H2,1H3/t14-/m1/s1. The highest BCUT2D eigenvalue weighted by molar-refractivity contribution is 6.38. The Morgan fingerprint density at radius 1 is 1.09 bits per heavy atom. The smallest absolute Gasteiger partial charge is 0.256 e. The molecule has 3 rings (SSSR count). The van der Waals surface area contributed by atoms with Gasteiger partial charge in [-0.2, -0.15) is 0 Å². The van der Waals surface area contributed by atoms with E-state index in [-0.39, 0.29) is 23.3 Å². The van der Waals surface area contributed by atoms with Crippen molar-refractivity contribution < 1.29 is 9.59 Å². The van der Waals surface area contributed by atoms with Gasteiger partial charge in [0.25, 0.3) is 5.91 Å². The number of aryl methyl sites for hydroxylation is 1. The molecule has 0 spiro atoms. The summed E-state index contributed by atoms with van der Waals surface area (Å²) in [6.45, 7) is 1.98. The fraction of sp³-hybridized carbons (Fsp3) is 0.176. The van der Waals surface area contributed by atoms with E-state index in [1.807, 2.05) is 31.2 Å². The van der Waals surface area contributed by atoms with Crippen LogP contribution in [0.25, 0.3) is 0 Å². The maximum absolute atomic E-state index is 12.6. The maximum Gasteiger partial charge on any atom is 0.256 e. The molecule has 1 aliphatic rings. The zero-order chi connectivity index (χ0) is 16.6. The van der Waals surface area contributed by atoms with E-state index in [4.69, 9.17) is 23.2 Å². The topological polar surface area (TPSA) is 49.4 Å². The fourth-order valence-electron chi connectivity index (χ4n) is 2.51. The predicted molar refractivity (Wildman–Crippen MR) is 92.2 cm³/mol. The van der Waals surface area contributed by atoms with Gasteiger partial charge in [0.1, 0.15) is 6.04 Å². The Labute approximate surface area is 144 Å². The molecule has 1 N–H and O–H groups in total. The second-order valence-corrected chi connectivity index (χ2v) is 6.27. The van der Waals surface area contributed by atoms with Gasteiger partial charge in [0.05, 0.1) is 17.1 Å². The lowest BCUT2D eigenvalue weighted by molar-refractivity contribution is -0.121. The quantitative estimate of drug-likeness (QED) is 0.851. The minimum atomic E-state index is -0.600. The van der Waals surface area contributed by atoms with Crippen LogP contribution in [-0.2, 0) is 9.59 Å². The maximum atomic E-state index is 12.6. The molecule has 1 saturated heterocycles. The van der Waals surface area contributed by atoms with Gasteiger partial charge in [-0.05, 0) is 37.3 Å². The van der Waals surface area contributed by atoms with E-state index in [9.17, 15) is 9.59 Å². The Balaban J connectivity index is 1.83. The molecule has 1 heterocycles. The van der Waals surface area contributed by atoms with Crippen LogP contribution < -0.4 is 10.2 Å². The molecule has 2 amide bonds. The predicted octanol–water partition coefficient (Wildman–Crippen LogP) is 4.05. The van der Waals surface area contributed by atoms with Gasteiger partial charge in [-0.1, -0.05) is 40.9 Å².